The fourth-order valence-electron chi connectivity index (χ4n) is 4.17. The van der Waals surface area contributed by atoms with Crippen LogP contribution in [0.1, 0.15) is 49.3 Å². The molecule has 0 radical (unpaired) electrons. The number of carbonyl (C=O) groups excluding carboxylic acids is 2. The molecule has 1 saturated carbocycles. The van der Waals surface area contributed by atoms with E-state index in [2.05, 4.69) is 20.5 Å². The Morgan fingerprint density at radius 3 is 2.62 bits per heavy atom. The summed E-state index contributed by atoms with van der Waals surface area (Å²) in [6.07, 6.45) is 6.44. The molecule has 6 nitrogen and oxygen atoms in total. The molecule has 2 aromatic rings. The van der Waals surface area contributed by atoms with Crippen LogP contribution >= 0.6 is 0 Å². The number of carbonyl (C=O) groups is 2. The van der Waals surface area contributed by atoms with Crippen molar-refractivity contribution in [1.29, 1.82) is 0 Å². The Kier molecular flexibility index (Phi) is 5.62. The van der Waals surface area contributed by atoms with Gasteiger partial charge in [-0.2, -0.15) is 0 Å². The fourth-order valence-corrected chi connectivity index (χ4v) is 4.17. The van der Waals surface area contributed by atoms with Crippen LogP contribution in [0.5, 0.6) is 0 Å². The first-order valence-corrected chi connectivity index (χ1v) is 10.3. The van der Waals surface area contributed by atoms with Gasteiger partial charge in [0.2, 0.25) is 11.8 Å². The number of nitrogens with zero attached hydrogens (tertiary/aromatic N) is 2. The van der Waals surface area contributed by atoms with Crippen molar-refractivity contribution in [2.24, 2.45) is 5.92 Å². The van der Waals surface area contributed by atoms with E-state index in [0.29, 0.717) is 0 Å². The molecule has 2 amide bonds. The maximum atomic E-state index is 12.5. The first kappa shape index (κ1) is 19.6. The van der Waals surface area contributed by atoms with Gasteiger partial charge in [0.25, 0.3) is 0 Å². The second-order valence-corrected chi connectivity index (χ2v) is 8.22. The predicted molar refractivity (Wildman–Crippen MR) is 112 cm³/mol. The molecule has 6 heteroatoms. The van der Waals surface area contributed by atoms with Crippen molar-refractivity contribution in [3.63, 3.8) is 0 Å². The summed E-state index contributed by atoms with van der Waals surface area (Å²) in [6, 6.07) is 11.6. The number of hydrogen-bond donors (Lipinski definition) is 2. The Labute approximate surface area is 171 Å². The van der Waals surface area contributed by atoms with Crippen LogP contribution in [0.2, 0.25) is 0 Å². The Bertz CT molecular complexity index is 868. The molecule has 1 aromatic carbocycles. The smallest absolute Gasteiger partial charge is 0.237 e. The zero-order chi connectivity index (χ0) is 20.4. The van der Waals surface area contributed by atoms with Crippen LogP contribution in [0.4, 0.5) is 5.69 Å². The number of hydrogen-bond acceptors (Lipinski definition) is 4. The van der Waals surface area contributed by atoms with Crippen LogP contribution in [0, 0.1) is 5.92 Å². The molecule has 1 aromatic heterocycles. The largest absolute Gasteiger partial charge is 0.348 e. The summed E-state index contributed by atoms with van der Waals surface area (Å²) < 4.78 is 0. The van der Waals surface area contributed by atoms with Crippen LogP contribution in [-0.4, -0.2) is 41.3 Å². The van der Waals surface area contributed by atoms with Gasteiger partial charge in [-0.1, -0.05) is 18.2 Å². The fraction of sp³-hybridized carbons (Fsp3) is 0.435. The maximum absolute atomic E-state index is 12.5. The number of pyridine rings is 1. The minimum atomic E-state index is -0.0698. The van der Waals surface area contributed by atoms with E-state index in [0.717, 1.165) is 42.6 Å². The first-order valence-electron chi connectivity index (χ1n) is 10.3. The third-order valence-corrected chi connectivity index (χ3v) is 6.10. The van der Waals surface area contributed by atoms with Crippen LogP contribution in [-0.2, 0) is 9.59 Å². The van der Waals surface area contributed by atoms with E-state index in [4.69, 9.17) is 0 Å². The highest BCUT2D eigenvalue weighted by atomic mass is 16.2. The van der Waals surface area contributed by atoms with E-state index in [9.17, 15) is 9.59 Å². The van der Waals surface area contributed by atoms with Crippen molar-refractivity contribution in [3.05, 3.63) is 59.9 Å². The van der Waals surface area contributed by atoms with E-state index in [-0.39, 0.29) is 35.7 Å². The summed E-state index contributed by atoms with van der Waals surface area (Å²) in [5, 5.41) is 6.11. The molecule has 4 rings (SSSR count). The maximum Gasteiger partial charge on any atom is 0.237 e. The van der Waals surface area contributed by atoms with Gasteiger partial charge in [-0.15, -0.1) is 0 Å². The SMILES string of the molecule is C[C@H](NC(=O)[C@@H]1CCCN1C)c1ccc(NC(=O)[C@H]2C[C@@H]2c2cccnc2)cc1. The quantitative estimate of drug-likeness (QED) is 0.792. The zero-order valence-electron chi connectivity index (χ0n) is 17.0. The van der Waals surface area contributed by atoms with Gasteiger partial charge in [0.15, 0.2) is 0 Å². The number of amides is 2. The van der Waals surface area contributed by atoms with Gasteiger partial charge in [-0.05, 0) is 75.0 Å². The third-order valence-electron chi connectivity index (χ3n) is 6.10. The van der Waals surface area contributed by atoms with Gasteiger partial charge in [0.1, 0.15) is 0 Å². The molecule has 2 N–H and O–H groups in total. The zero-order valence-corrected chi connectivity index (χ0v) is 17.0. The lowest BCUT2D eigenvalue weighted by Gasteiger charge is -2.22. The van der Waals surface area contributed by atoms with Crippen molar-refractivity contribution < 1.29 is 9.59 Å². The number of likely N-dealkylation sites (tertiary alicyclic amines) is 1. The minimum Gasteiger partial charge on any atom is -0.348 e. The molecule has 2 fully saturated rings. The number of rotatable bonds is 6. The molecule has 0 unspecified atom stereocenters. The molecule has 0 bridgehead atoms. The second-order valence-electron chi connectivity index (χ2n) is 8.22. The standard InChI is InChI=1S/C23H28N4O2/c1-15(25-23(29)21-6-4-12-27(21)2)16-7-9-18(10-8-16)26-22(28)20-13-19(20)17-5-3-11-24-14-17/h3,5,7-11,14-15,19-21H,4,6,12-13H2,1-2H3,(H,25,29)(H,26,28)/t15-,19+,20-,21-/m0/s1. The van der Waals surface area contributed by atoms with Crippen LogP contribution in [0.15, 0.2) is 48.8 Å². The summed E-state index contributed by atoms with van der Waals surface area (Å²) in [4.78, 5) is 31.2. The van der Waals surface area contributed by atoms with Gasteiger partial charge in [0, 0.05) is 24.0 Å². The number of benzene rings is 1. The lowest BCUT2D eigenvalue weighted by Crippen LogP contribution is -2.42. The molecule has 1 aliphatic heterocycles. The number of aromatic nitrogens is 1. The second kappa shape index (κ2) is 8.33. The van der Waals surface area contributed by atoms with E-state index in [1.165, 1.54) is 0 Å². The Morgan fingerprint density at radius 2 is 1.97 bits per heavy atom. The average molecular weight is 393 g/mol. The van der Waals surface area contributed by atoms with E-state index < -0.39 is 0 Å². The Hall–Kier alpha value is -2.73. The molecule has 1 saturated heterocycles. The summed E-state index contributed by atoms with van der Waals surface area (Å²) >= 11 is 0. The summed E-state index contributed by atoms with van der Waals surface area (Å²) in [7, 11) is 2.00. The minimum absolute atomic E-state index is 0.0143. The number of anilines is 1. The molecular weight excluding hydrogens is 364 g/mol. The molecule has 4 atom stereocenters. The Morgan fingerprint density at radius 1 is 1.17 bits per heavy atom. The lowest BCUT2D eigenvalue weighted by atomic mass is 10.1. The van der Waals surface area contributed by atoms with Crippen molar-refractivity contribution in [1.82, 2.24) is 15.2 Å². The highest BCUT2D eigenvalue weighted by molar-refractivity contribution is 5.95. The molecule has 152 valence electrons. The van der Waals surface area contributed by atoms with E-state index in [1.54, 1.807) is 6.20 Å². The van der Waals surface area contributed by atoms with Crippen LogP contribution < -0.4 is 10.6 Å². The highest BCUT2D eigenvalue weighted by Gasteiger charge is 2.44. The highest BCUT2D eigenvalue weighted by Crippen LogP contribution is 2.47. The molecule has 2 heterocycles. The molecule has 29 heavy (non-hydrogen) atoms. The average Bonchev–Trinajstić information content (AvgIpc) is 3.43. The van der Waals surface area contributed by atoms with Crippen LogP contribution in [0.25, 0.3) is 0 Å². The Balaban J connectivity index is 1.30. The van der Waals surface area contributed by atoms with Gasteiger partial charge < -0.3 is 10.6 Å². The molecular formula is C23H28N4O2. The van der Waals surface area contributed by atoms with E-state index >= 15 is 0 Å². The molecule has 2 aliphatic rings. The van der Waals surface area contributed by atoms with Crippen molar-refractivity contribution in [2.45, 2.75) is 44.2 Å². The topological polar surface area (TPSA) is 74.3 Å². The number of likely N-dealkylation sites (N-methyl/N-ethyl adjacent to an activating group) is 1. The molecule has 0 spiro atoms. The normalized spacial score (nSPS) is 24.7. The van der Waals surface area contributed by atoms with Crippen molar-refractivity contribution in [3.8, 4) is 0 Å². The van der Waals surface area contributed by atoms with E-state index in [1.807, 2.05) is 56.6 Å². The summed E-state index contributed by atoms with van der Waals surface area (Å²) in [6.45, 7) is 2.96. The summed E-state index contributed by atoms with van der Waals surface area (Å²) in [5.74, 6) is 0.426. The predicted octanol–water partition coefficient (Wildman–Crippen LogP) is 3.10. The molecule has 1 aliphatic carbocycles. The van der Waals surface area contributed by atoms with Crippen LogP contribution in [0.3, 0.4) is 0 Å². The van der Waals surface area contributed by atoms with Gasteiger partial charge in [-0.3, -0.25) is 19.5 Å². The van der Waals surface area contributed by atoms with Gasteiger partial charge in [-0.25, -0.2) is 0 Å². The van der Waals surface area contributed by atoms with Crippen molar-refractivity contribution in [2.75, 3.05) is 18.9 Å². The summed E-state index contributed by atoms with van der Waals surface area (Å²) in [5.41, 5.74) is 2.93. The lowest BCUT2D eigenvalue weighted by molar-refractivity contribution is -0.125. The first-order chi connectivity index (χ1) is 14.0. The van der Waals surface area contributed by atoms with Gasteiger partial charge >= 0.3 is 0 Å². The third kappa shape index (κ3) is 4.48. The van der Waals surface area contributed by atoms with Gasteiger partial charge in [0.05, 0.1) is 12.1 Å². The van der Waals surface area contributed by atoms with Crippen molar-refractivity contribution >= 4 is 17.5 Å². The monoisotopic (exact) mass is 392 g/mol. The number of nitrogens with one attached hydrogen (secondary N) is 2.